The van der Waals surface area contributed by atoms with Crippen molar-refractivity contribution in [1.29, 1.82) is 0 Å². The van der Waals surface area contributed by atoms with E-state index in [1.165, 1.54) is 11.1 Å². The lowest BCUT2D eigenvalue weighted by atomic mass is 10.1. The first-order chi connectivity index (χ1) is 11.5. The van der Waals surface area contributed by atoms with Gasteiger partial charge in [-0.15, -0.1) is 0 Å². The number of aryl methyl sites for hydroxylation is 2. The van der Waals surface area contributed by atoms with E-state index in [0.29, 0.717) is 22.5 Å². The van der Waals surface area contributed by atoms with Crippen molar-refractivity contribution in [3.05, 3.63) is 63.5 Å². The maximum atomic E-state index is 12.4. The summed E-state index contributed by atoms with van der Waals surface area (Å²) in [4.78, 5) is 12.4. The Morgan fingerprint density at radius 2 is 1.96 bits per heavy atom. The van der Waals surface area contributed by atoms with Crippen LogP contribution in [0.15, 0.2) is 41.0 Å². The standard InChI is InChI=1S/C17H18BrN5O/c1-11-6-4-5-7-13(11)10-23-9-8-14(20-23)19-17(24)16-15(18)12(2)22(3)21-16/h4-9H,10H2,1-3H3,(H,19,20,24). The molecule has 2 aromatic heterocycles. The van der Waals surface area contributed by atoms with Gasteiger partial charge in [0.05, 0.1) is 16.7 Å². The highest BCUT2D eigenvalue weighted by molar-refractivity contribution is 9.10. The predicted molar refractivity (Wildman–Crippen MR) is 96.1 cm³/mol. The van der Waals surface area contributed by atoms with Crippen LogP contribution in [-0.2, 0) is 13.6 Å². The van der Waals surface area contributed by atoms with Crippen molar-refractivity contribution in [3.63, 3.8) is 0 Å². The van der Waals surface area contributed by atoms with Gasteiger partial charge in [-0.2, -0.15) is 10.2 Å². The van der Waals surface area contributed by atoms with E-state index in [2.05, 4.69) is 50.5 Å². The molecule has 0 atom stereocenters. The first-order valence-corrected chi connectivity index (χ1v) is 8.33. The zero-order chi connectivity index (χ0) is 17.3. The number of hydrogen-bond acceptors (Lipinski definition) is 3. The molecular weight excluding hydrogens is 370 g/mol. The third kappa shape index (κ3) is 3.26. The first-order valence-electron chi connectivity index (χ1n) is 7.54. The molecule has 0 saturated carbocycles. The topological polar surface area (TPSA) is 64.7 Å². The Balaban J connectivity index is 1.73. The molecule has 24 heavy (non-hydrogen) atoms. The Bertz CT molecular complexity index is 896. The molecule has 0 radical (unpaired) electrons. The number of hydrogen-bond donors (Lipinski definition) is 1. The molecule has 2 heterocycles. The molecule has 7 heteroatoms. The van der Waals surface area contributed by atoms with Crippen LogP contribution >= 0.6 is 15.9 Å². The normalized spacial score (nSPS) is 10.8. The predicted octanol–water partition coefficient (Wildman–Crippen LogP) is 3.30. The highest BCUT2D eigenvalue weighted by atomic mass is 79.9. The highest BCUT2D eigenvalue weighted by Gasteiger charge is 2.18. The second-order valence-corrected chi connectivity index (χ2v) is 6.44. The van der Waals surface area contributed by atoms with E-state index < -0.39 is 0 Å². The Kier molecular flexibility index (Phi) is 4.53. The summed E-state index contributed by atoms with van der Waals surface area (Å²) >= 11 is 3.40. The Morgan fingerprint density at radius 3 is 2.62 bits per heavy atom. The van der Waals surface area contributed by atoms with Gasteiger partial charge in [-0.05, 0) is 40.9 Å². The molecule has 1 amide bonds. The monoisotopic (exact) mass is 387 g/mol. The van der Waals surface area contributed by atoms with Crippen LogP contribution in [0, 0.1) is 13.8 Å². The van der Waals surface area contributed by atoms with Gasteiger partial charge in [-0.3, -0.25) is 14.2 Å². The van der Waals surface area contributed by atoms with Crippen molar-refractivity contribution >= 4 is 27.7 Å². The fourth-order valence-electron chi connectivity index (χ4n) is 2.38. The fraction of sp³-hybridized carbons (Fsp3) is 0.235. The van der Waals surface area contributed by atoms with E-state index in [9.17, 15) is 4.79 Å². The Labute approximate surface area is 148 Å². The molecule has 0 unspecified atom stereocenters. The molecule has 1 N–H and O–H groups in total. The summed E-state index contributed by atoms with van der Waals surface area (Å²) in [7, 11) is 1.80. The summed E-state index contributed by atoms with van der Waals surface area (Å²) in [6, 6.07) is 9.95. The fourth-order valence-corrected chi connectivity index (χ4v) is 2.90. The van der Waals surface area contributed by atoms with Gasteiger partial charge in [0.1, 0.15) is 0 Å². The SMILES string of the molecule is Cc1ccccc1Cn1ccc(NC(=O)c2nn(C)c(C)c2Br)n1. The minimum atomic E-state index is -0.285. The lowest BCUT2D eigenvalue weighted by Crippen LogP contribution is -2.14. The highest BCUT2D eigenvalue weighted by Crippen LogP contribution is 2.21. The van der Waals surface area contributed by atoms with Gasteiger partial charge in [0, 0.05) is 19.3 Å². The number of carbonyl (C=O) groups is 1. The third-order valence-electron chi connectivity index (χ3n) is 3.95. The van der Waals surface area contributed by atoms with Gasteiger partial charge < -0.3 is 5.32 Å². The number of rotatable bonds is 4. The van der Waals surface area contributed by atoms with Crippen molar-refractivity contribution in [2.45, 2.75) is 20.4 Å². The van der Waals surface area contributed by atoms with Crippen LogP contribution in [0.5, 0.6) is 0 Å². The lowest BCUT2D eigenvalue weighted by molar-refractivity contribution is 0.102. The maximum absolute atomic E-state index is 12.4. The van der Waals surface area contributed by atoms with Crippen molar-refractivity contribution in [2.75, 3.05) is 5.32 Å². The van der Waals surface area contributed by atoms with Crippen LogP contribution in [0.25, 0.3) is 0 Å². The molecule has 0 aliphatic rings. The molecular formula is C17H18BrN5O. The molecule has 0 saturated heterocycles. The number of aromatic nitrogens is 4. The van der Waals surface area contributed by atoms with E-state index in [1.54, 1.807) is 22.5 Å². The smallest absolute Gasteiger partial charge is 0.278 e. The molecule has 0 spiro atoms. The van der Waals surface area contributed by atoms with Gasteiger partial charge in [0.15, 0.2) is 11.5 Å². The second kappa shape index (κ2) is 6.60. The van der Waals surface area contributed by atoms with Crippen LogP contribution in [0.2, 0.25) is 0 Å². The zero-order valence-electron chi connectivity index (χ0n) is 13.7. The van der Waals surface area contributed by atoms with E-state index in [0.717, 1.165) is 5.69 Å². The maximum Gasteiger partial charge on any atom is 0.278 e. The van der Waals surface area contributed by atoms with E-state index in [-0.39, 0.29) is 5.91 Å². The summed E-state index contributed by atoms with van der Waals surface area (Å²) in [5.74, 6) is 0.218. The largest absolute Gasteiger partial charge is 0.304 e. The summed E-state index contributed by atoms with van der Waals surface area (Å²) < 4.78 is 4.16. The molecule has 3 rings (SSSR count). The first kappa shape index (κ1) is 16.4. The van der Waals surface area contributed by atoms with Crippen LogP contribution < -0.4 is 5.32 Å². The van der Waals surface area contributed by atoms with Gasteiger partial charge >= 0.3 is 0 Å². The van der Waals surface area contributed by atoms with Gasteiger partial charge in [-0.25, -0.2) is 0 Å². The van der Waals surface area contributed by atoms with E-state index >= 15 is 0 Å². The van der Waals surface area contributed by atoms with Crippen LogP contribution in [0.1, 0.15) is 27.3 Å². The molecule has 1 aromatic carbocycles. The van der Waals surface area contributed by atoms with Gasteiger partial charge in [0.2, 0.25) is 0 Å². The second-order valence-electron chi connectivity index (χ2n) is 5.65. The van der Waals surface area contributed by atoms with Crippen molar-refractivity contribution < 1.29 is 4.79 Å². The summed E-state index contributed by atoms with van der Waals surface area (Å²) in [5, 5.41) is 11.4. The average molecular weight is 388 g/mol. The van der Waals surface area contributed by atoms with E-state index in [1.807, 2.05) is 25.3 Å². The molecule has 0 fully saturated rings. The molecule has 3 aromatic rings. The van der Waals surface area contributed by atoms with Crippen molar-refractivity contribution in [1.82, 2.24) is 19.6 Å². The number of nitrogens with zero attached hydrogens (tertiary/aromatic N) is 4. The number of anilines is 1. The van der Waals surface area contributed by atoms with Gasteiger partial charge in [-0.1, -0.05) is 24.3 Å². The van der Waals surface area contributed by atoms with Crippen molar-refractivity contribution in [2.24, 2.45) is 7.05 Å². The number of carbonyl (C=O) groups excluding carboxylic acids is 1. The molecule has 124 valence electrons. The summed E-state index contributed by atoms with van der Waals surface area (Å²) in [6.07, 6.45) is 1.85. The quantitative estimate of drug-likeness (QED) is 0.746. The van der Waals surface area contributed by atoms with Crippen LogP contribution in [0.3, 0.4) is 0 Å². The minimum absolute atomic E-state index is 0.285. The molecule has 0 bridgehead atoms. The lowest BCUT2D eigenvalue weighted by Gasteiger charge is -2.05. The zero-order valence-corrected chi connectivity index (χ0v) is 15.3. The average Bonchev–Trinajstić information content (AvgIpc) is 3.09. The van der Waals surface area contributed by atoms with Gasteiger partial charge in [0.25, 0.3) is 5.91 Å². The van der Waals surface area contributed by atoms with Crippen LogP contribution in [0.4, 0.5) is 5.82 Å². The summed E-state index contributed by atoms with van der Waals surface area (Å²) in [5.41, 5.74) is 3.65. The molecule has 0 aliphatic heterocycles. The molecule has 0 aliphatic carbocycles. The Hall–Kier alpha value is -2.41. The van der Waals surface area contributed by atoms with E-state index in [4.69, 9.17) is 0 Å². The number of halogens is 1. The number of nitrogens with one attached hydrogen (secondary N) is 1. The molecule has 6 nitrogen and oxygen atoms in total. The Morgan fingerprint density at radius 1 is 1.21 bits per heavy atom. The number of benzene rings is 1. The number of amides is 1. The summed E-state index contributed by atoms with van der Waals surface area (Å²) in [6.45, 7) is 4.63. The minimum Gasteiger partial charge on any atom is -0.304 e. The third-order valence-corrected chi connectivity index (χ3v) is 4.90. The van der Waals surface area contributed by atoms with Crippen LogP contribution in [-0.4, -0.2) is 25.5 Å². The van der Waals surface area contributed by atoms with Crippen molar-refractivity contribution in [3.8, 4) is 0 Å².